The van der Waals surface area contributed by atoms with Gasteiger partial charge in [-0.3, -0.25) is 15.0 Å². The van der Waals surface area contributed by atoms with Crippen LogP contribution in [0.1, 0.15) is 55.6 Å². The van der Waals surface area contributed by atoms with Gasteiger partial charge in [-0.15, -0.1) is 11.3 Å². The Morgan fingerprint density at radius 1 is 1.11 bits per heavy atom. The van der Waals surface area contributed by atoms with E-state index in [0.717, 1.165) is 30.8 Å². The van der Waals surface area contributed by atoms with Crippen molar-refractivity contribution in [2.75, 3.05) is 26.7 Å². The quantitative estimate of drug-likeness (QED) is 0.296. The van der Waals surface area contributed by atoms with Gasteiger partial charge < -0.3 is 14.8 Å². The van der Waals surface area contributed by atoms with Crippen molar-refractivity contribution in [1.29, 1.82) is 0 Å². The van der Waals surface area contributed by atoms with E-state index in [2.05, 4.69) is 10.2 Å². The number of benzene rings is 1. The Kier molecular flexibility index (Phi) is 8.40. The monoisotopic (exact) mass is 525 g/mol. The third kappa shape index (κ3) is 5.91. The molecule has 1 fully saturated rings. The van der Waals surface area contributed by atoms with E-state index < -0.39 is 28.9 Å². The van der Waals surface area contributed by atoms with Gasteiger partial charge in [0.15, 0.2) is 0 Å². The average molecular weight is 526 g/mol. The number of dihydropyridines is 1. The molecule has 196 valence electrons. The molecule has 9 nitrogen and oxygen atoms in total. The van der Waals surface area contributed by atoms with Crippen molar-refractivity contribution >= 4 is 29.0 Å². The maximum atomic E-state index is 13.9. The zero-order valence-corrected chi connectivity index (χ0v) is 22.0. The molecule has 0 bridgehead atoms. The number of hydrogen-bond donors (Lipinski definition) is 1. The number of thiophene rings is 1. The molecule has 0 spiro atoms. The Balaban J connectivity index is 1.72. The maximum absolute atomic E-state index is 13.9. The Morgan fingerprint density at radius 3 is 2.43 bits per heavy atom. The lowest BCUT2D eigenvalue weighted by Crippen LogP contribution is -2.36. The summed E-state index contributed by atoms with van der Waals surface area (Å²) in [4.78, 5) is 41.0. The molecule has 2 atom stereocenters. The number of esters is 2. The lowest BCUT2D eigenvalue weighted by atomic mass is 9.80. The minimum absolute atomic E-state index is 0.134. The Hall–Kier alpha value is -3.50. The van der Waals surface area contributed by atoms with Crippen molar-refractivity contribution in [3.63, 3.8) is 0 Å². The molecule has 1 saturated heterocycles. The van der Waals surface area contributed by atoms with Crippen LogP contribution < -0.4 is 5.32 Å². The maximum Gasteiger partial charge on any atom is 0.337 e. The van der Waals surface area contributed by atoms with Crippen LogP contribution in [0.4, 0.5) is 5.69 Å². The lowest BCUT2D eigenvalue weighted by Gasteiger charge is -2.33. The van der Waals surface area contributed by atoms with Gasteiger partial charge in [-0.2, -0.15) is 0 Å². The Labute approximate surface area is 219 Å². The molecule has 2 unspecified atom stereocenters. The number of nitro groups is 1. The molecule has 2 aliphatic rings. The first-order valence-corrected chi connectivity index (χ1v) is 13.2. The number of carbonyl (C=O) groups is 2. The molecule has 0 radical (unpaired) electrons. The van der Waals surface area contributed by atoms with Crippen LogP contribution in [0.3, 0.4) is 0 Å². The van der Waals surface area contributed by atoms with Gasteiger partial charge in [0, 0.05) is 34.9 Å². The molecule has 37 heavy (non-hydrogen) atoms. The number of piperidine rings is 1. The number of nitrogens with one attached hydrogen (secondary N) is 1. The first-order chi connectivity index (χ1) is 17.8. The molecule has 1 aromatic heterocycles. The largest absolute Gasteiger partial charge is 0.466 e. The molecule has 10 heteroatoms. The fourth-order valence-electron chi connectivity index (χ4n) is 5.03. The van der Waals surface area contributed by atoms with Crippen molar-refractivity contribution in [2.45, 2.75) is 45.1 Å². The van der Waals surface area contributed by atoms with Crippen molar-refractivity contribution in [3.8, 4) is 0 Å². The minimum Gasteiger partial charge on any atom is -0.466 e. The summed E-state index contributed by atoms with van der Waals surface area (Å²) < 4.78 is 11.2. The third-order valence-corrected chi connectivity index (χ3v) is 7.75. The van der Waals surface area contributed by atoms with Crippen LogP contribution in [0.5, 0.6) is 0 Å². The van der Waals surface area contributed by atoms with E-state index in [1.807, 2.05) is 17.5 Å². The second-order valence-electron chi connectivity index (χ2n) is 9.25. The molecule has 2 aromatic rings. The third-order valence-electron chi connectivity index (χ3n) is 6.78. The highest BCUT2D eigenvalue weighted by Gasteiger charge is 2.39. The molecule has 2 aliphatic heterocycles. The van der Waals surface area contributed by atoms with E-state index >= 15 is 0 Å². The molecular weight excluding hydrogens is 494 g/mol. The highest BCUT2D eigenvalue weighted by Crippen LogP contribution is 2.41. The molecular formula is C27H31N3O6S. The van der Waals surface area contributed by atoms with Crippen LogP contribution in [0.15, 0.2) is 64.3 Å². The molecule has 1 N–H and O–H groups in total. The summed E-state index contributed by atoms with van der Waals surface area (Å²) in [6.07, 6.45) is 2.94. The van der Waals surface area contributed by atoms with Crippen LogP contribution >= 0.6 is 11.3 Å². The normalized spacial score (nSPS) is 19.3. The van der Waals surface area contributed by atoms with Crippen molar-refractivity contribution < 1.29 is 24.0 Å². The summed E-state index contributed by atoms with van der Waals surface area (Å²) >= 11 is 1.53. The van der Waals surface area contributed by atoms with Crippen LogP contribution in [0.25, 0.3) is 0 Å². The second kappa shape index (κ2) is 11.7. The summed E-state index contributed by atoms with van der Waals surface area (Å²) in [5.74, 6) is -2.09. The van der Waals surface area contributed by atoms with Gasteiger partial charge in [-0.05, 0) is 56.8 Å². The van der Waals surface area contributed by atoms with Gasteiger partial charge in [0.25, 0.3) is 5.69 Å². The van der Waals surface area contributed by atoms with Crippen molar-refractivity contribution in [2.24, 2.45) is 0 Å². The first-order valence-electron chi connectivity index (χ1n) is 12.3. The zero-order valence-electron chi connectivity index (χ0n) is 21.2. The summed E-state index contributed by atoms with van der Waals surface area (Å²) in [6.45, 7) is 5.93. The van der Waals surface area contributed by atoms with Gasteiger partial charge in [0.1, 0.15) is 6.10 Å². The van der Waals surface area contributed by atoms with Crippen molar-refractivity contribution in [3.05, 3.63) is 84.9 Å². The second-order valence-corrected chi connectivity index (χ2v) is 10.2. The van der Waals surface area contributed by atoms with Gasteiger partial charge in [0.05, 0.1) is 29.1 Å². The Bertz CT molecular complexity index is 1230. The molecule has 4 rings (SSSR count). The number of likely N-dealkylation sites (tertiary alicyclic amines) is 1. The number of allylic oxidation sites excluding steroid dienone is 2. The predicted molar refractivity (Wildman–Crippen MR) is 140 cm³/mol. The van der Waals surface area contributed by atoms with E-state index in [4.69, 9.17) is 9.47 Å². The highest BCUT2D eigenvalue weighted by molar-refractivity contribution is 7.10. The van der Waals surface area contributed by atoms with Gasteiger partial charge in [-0.25, -0.2) is 9.59 Å². The van der Waals surface area contributed by atoms with E-state index in [-0.39, 0.29) is 16.8 Å². The summed E-state index contributed by atoms with van der Waals surface area (Å²) in [5, 5.41) is 16.6. The van der Waals surface area contributed by atoms with Crippen LogP contribution in [0.2, 0.25) is 0 Å². The van der Waals surface area contributed by atoms with Gasteiger partial charge >= 0.3 is 11.9 Å². The number of carbonyl (C=O) groups excluding carboxylic acids is 2. The number of nitro benzene ring substituents is 1. The predicted octanol–water partition coefficient (Wildman–Crippen LogP) is 4.83. The van der Waals surface area contributed by atoms with Gasteiger partial charge in [0.2, 0.25) is 0 Å². The minimum atomic E-state index is -0.889. The number of rotatable bonds is 8. The standard InChI is InChI=1S/C27H31N3O6S/c1-17-23(26(31)35-3)25(19-9-7-10-20(15-19)30(33)34)24(18(2)28-17)27(32)36-21(22-11-8-14-37-22)16-29-12-5-4-6-13-29/h7-11,14-15,21,25,28H,4-6,12-13,16H2,1-3H3. The number of ether oxygens (including phenoxy) is 2. The summed E-state index contributed by atoms with van der Waals surface area (Å²) in [5.41, 5.74) is 1.78. The average Bonchev–Trinajstić information content (AvgIpc) is 3.43. The van der Waals surface area contributed by atoms with Gasteiger partial charge in [-0.1, -0.05) is 24.6 Å². The SMILES string of the molecule is COC(=O)C1=C(C)NC(C)=C(C(=O)OC(CN2CCCCC2)c2cccs2)C1c1cccc([N+](=O)[O-])c1. The number of methoxy groups -OCH3 is 1. The van der Waals surface area contributed by atoms with E-state index in [1.165, 1.54) is 37.0 Å². The smallest absolute Gasteiger partial charge is 0.337 e. The van der Waals surface area contributed by atoms with Crippen LogP contribution in [-0.4, -0.2) is 48.5 Å². The summed E-state index contributed by atoms with van der Waals surface area (Å²) in [6, 6.07) is 9.86. The van der Waals surface area contributed by atoms with E-state index in [9.17, 15) is 19.7 Å². The van der Waals surface area contributed by atoms with E-state index in [0.29, 0.717) is 23.5 Å². The summed E-state index contributed by atoms with van der Waals surface area (Å²) in [7, 11) is 1.27. The highest BCUT2D eigenvalue weighted by atomic mass is 32.1. The first kappa shape index (κ1) is 26.6. The molecule has 0 saturated carbocycles. The van der Waals surface area contributed by atoms with Crippen LogP contribution in [0, 0.1) is 10.1 Å². The van der Waals surface area contributed by atoms with Crippen LogP contribution in [-0.2, 0) is 19.1 Å². The number of hydrogen-bond acceptors (Lipinski definition) is 9. The molecule has 0 aliphatic carbocycles. The van der Waals surface area contributed by atoms with Crippen molar-refractivity contribution in [1.82, 2.24) is 10.2 Å². The fraction of sp³-hybridized carbons (Fsp3) is 0.407. The number of non-ortho nitro benzene ring substituents is 1. The lowest BCUT2D eigenvalue weighted by molar-refractivity contribution is -0.384. The fourth-order valence-corrected chi connectivity index (χ4v) is 5.77. The zero-order chi connectivity index (χ0) is 26.5. The Morgan fingerprint density at radius 2 is 1.81 bits per heavy atom. The topological polar surface area (TPSA) is 111 Å². The molecule has 0 amide bonds. The molecule has 1 aromatic carbocycles. The van der Waals surface area contributed by atoms with E-state index in [1.54, 1.807) is 26.0 Å². The number of nitrogens with zero attached hydrogens (tertiary/aromatic N) is 2. The molecule has 3 heterocycles.